The standard InChI is InChI=1S/C12H25N3/c1-6-10-9-15(8-7-14(10)5)11(13)12(2,3)4/h10,13H,6-9H2,1-5H3. The molecule has 1 aliphatic heterocycles. The highest BCUT2D eigenvalue weighted by Crippen LogP contribution is 2.20. The summed E-state index contributed by atoms with van der Waals surface area (Å²) in [7, 11) is 2.19. The lowest BCUT2D eigenvalue weighted by atomic mass is 9.93. The van der Waals surface area contributed by atoms with E-state index in [4.69, 9.17) is 5.41 Å². The van der Waals surface area contributed by atoms with Crippen LogP contribution < -0.4 is 0 Å². The van der Waals surface area contributed by atoms with Crippen molar-refractivity contribution >= 4 is 5.84 Å². The van der Waals surface area contributed by atoms with Gasteiger partial charge in [-0.05, 0) is 13.5 Å². The van der Waals surface area contributed by atoms with E-state index in [1.807, 2.05) is 0 Å². The van der Waals surface area contributed by atoms with E-state index in [1.165, 1.54) is 6.42 Å². The lowest BCUT2D eigenvalue weighted by Gasteiger charge is -2.43. The molecular weight excluding hydrogens is 186 g/mol. The topological polar surface area (TPSA) is 30.3 Å². The normalized spacial score (nSPS) is 24.3. The van der Waals surface area contributed by atoms with Gasteiger partial charge in [0, 0.05) is 31.1 Å². The van der Waals surface area contributed by atoms with Crippen molar-refractivity contribution in [1.29, 1.82) is 5.41 Å². The summed E-state index contributed by atoms with van der Waals surface area (Å²) in [6.07, 6.45) is 1.17. The zero-order chi connectivity index (χ0) is 11.6. The molecular formula is C12H25N3. The molecule has 3 heteroatoms. The van der Waals surface area contributed by atoms with Gasteiger partial charge in [-0.3, -0.25) is 10.3 Å². The van der Waals surface area contributed by atoms with E-state index in [0.717, 1.165) is 25.5 Å². The summed E-state index contributed by atoms with van der Waals surface area (Å²) < 4.78 is 0. The largest absolute Gasteiger partial charge is 0.357 e. The van der Waals surface area contributed by atoms with Gasteiger partial charge in [-0.2, -0.15) is 0 Å². The van der Waals surface area contributed by atoms with E-state index < -0.39 is 0 Å². The number of rotatable bonds is 1. The molecule has 0 amide bonds. The second kappa shape index (κ2) is 4.52. The van der Waals surface area contributed by atoms with Gasteiger partial charge in [0.15, 0.2) is 0 Å². The highest BCUT2D eigenvalue weighted by Gasteiger charge is 2.29. The fraction of sp³-hybridized carbons (Fsp3) is 0.917. The SMILES string of the molecule is CCC1CN(C(=N)C(C)(C)C)CCN1C. The Kier molecular flexibility index (Phi) is 3.77. The van der Waals surface area contributed by atoms with Gasteiger partial charge in [0.25, 0.3) is 0 Å². The third-order valence-corrected chi connectivity index (χ3v) is 3.27. The summed E-state index contributed by atoms with van der Waals surface area (Å²) in [5, 5.41) is 8.17. The van der Waals surface area contributed by atoms with E-state index in [-0.39, 0.29) is 5.41 Å². The van der Waals surface area contributed by atoms with E-state index in [2.05, 4.69) is 44.5 Å². The molecule has 1 N–H and O–H groups in total. The summed E-state index contributed by atoms with van der Waals surface area (Å²) in [6, 6.07) is 0.612. The van der Waals surface area contributed by atoms with Crippen molar-refractivity contribution in [3.05, 3.63) is 0 Å². The summed E-state index contributed by atoms with van der Waals surface area (Å²) in [4.78, 5) is 4.65. The fourth-order valence-electron chi connectivity index (χ4n) is 2.06. The Labute approximate surface area is 94.0 Å². The first-order chi connectivity index (χ1) is 6.86. The molecule has 1 atom stereocenters. The van der Waals surface area contributed by atoms with Crippen molar-refractivity contribution < 1.29 is 0 Å². The molecule has 0 aromatic heterocycles. The predicted octanol–water partition coefficient (Wildman–Crippen LogP) is 2.04. The molecule has 1 unspecified atom stereocenters. The lowest BCUT2D eigenvalue weighted by molar-refractivity contribution is 0.131. The first kappa shape index (κ1) is 12.5. The number of nitrogens with zero attached hydrogens (tertiary/aromatic N) is 2. The molecule has 0 spiro atoms. The molecule has 1 saturated heterocycles. The monoisotopic (exact) mass is 211 g/mol. The van der Waals surface area contributed by atoms with Crippen molar-refractivity contribution in [2.45, 2.75) is 40.2 Å². The molecule has 0 saturated carbocycles. The van der Waals surface area contributed by atoms with Gasteiger partial charge in [0.2, 0.25) is 0 Å². The molecule has 3 nitrogen and oxygen atoms in total. The average Bonchev–Trinajstić information content (AvgIpc) is 2.16. The fourth-order valence-corrected chi connectivity index (χ4v) is 2.06. The maximum Gasteiger partial charge on any atom is 0.101 e. The van der Waals surface area contributed by atoms with Crippen LogP contribution in [-0.4, -0.2) is 48.4 Å². The predicted molar refractivity (Wildman–Crippen MR) is 65.5 cm³/mol. The van der Waals surface area contributed by atoms with Crippen LogP contribution in [0.25, 0.3) is 0 Å². The first-order valence-electron chi connectivity index (χ1n) is 5.90. The van der Waals surface area contributed by atoms with Crippen molar-refractivity contribution in [1.82, 2.24) is 9.80 Å². The van der Waals surface area contributed by atoms with Gasteiger partial charge in [0.1, 0.15) is 5.84 Å². The smallest absolute Gasteiger partial charge is 0.101 e. The highest BCUT2D eigenvalue weighted by molar-refractivity contribution is 5.84. The molecule has 1 rings (SSSR count). The third-order valence-electron chi connectivity index (χ3n) is 3.27. The van der Waals surface area contributed by atoms with E-state index in [9.17, 15) is 0 Å². The van der Waals surface area contributed by atoms with Crippen LogP contribution in [0, 0.1) is 10.8 Å². The highest BCUT2D eigenvalue weighted by atomic mass is 15.3. The van der Waals surface area contributed by atoms with Crippen molar-refractivity contribution in [3.8, 4) is 0 Å². The molecule has 1 aliphatic rings. The number of piperazine rings is 1. The molecule has 0 radical (unpaired) electrons. The number of hydrogen-bond acceptors (Lipinski definition) is 2. The van der Waals surface area contributed by atoms with E-state index >= 15 is 0 Å². The van der Waals surface area contributed by atoms with Crippen LogP contribution in [0.5, 0.6) is 0 Å². The quantitative estimate of drug-likeness (QED) is 0.531. The molecule has 15 heavy (non-hydrogen) atoms. The summed E-state index contributed by atoms with van der Waals surface area (Å²) in [5.74, 6) is 0.786. The van der Waals surface area contributed by atoms with Crippen LogP contribution in [0.3, 0.4) is 0 Å². The van der Waals surface area contributed by atoms with Gasteiger partial charge >= 0.3 is 0 Å². The average molecular weight is 211 g/mol. The van der Waals surface area contributed by atoms with Crippen LogP contribution in [0.2, 0.25) is 0 Å². The van der Waals surface area contributed by atoms with Crippen molar-refractivity contribution in [2.24, 2.45) is 5.41 Å². The van der Waals surface area contributed by atoms with Gasteiger partial charge in [0.05, 0.1) is 0 Å². The maximum absolute atomic E-state index is 8.17. The lowest BCUT2D eigenvalue weighted by Crippen LogP contribution is -2.54. The molecule has 1 fully saturated rings. The number of likely N-dealkylation sites (N-methyl/N-ethyl adjacent to an activating group) is 1. The Balaban J connectivity index is 2.62. The van der Waals surface area contributed by atoms with Crippen LogP contribution in [0.1, 0.15) is 34.1 Å². The second-order valence-corrected chi connectivity index (χ2v) is 5.59. The first-order valence-corrected chi connectivity index (χ1v) is 5.90. The van der Waals surface area contributed by atoms with E-state index in [1.54, 1.807) is 0 Å². The molecule has 0 aromatic rings. The molecule has 0 bridgehead atoms. The molecule has 88 valence electrons. The Bertz CT molecular complexity index is 230. The third kappa shape index (κ3) is 2.94. The summed E-state index contributed by atoms with van der Waals surface area (Å²) >= 11 is 0. The number of amidine groups is 1. The van der Waals surface area contributed by atoms with Crippen LogP contribution >= 0.6 is 0 Å². The second-order valence-electron chi connectivity index (χ2n) is 5.59. The Morgan fingerprint density at radius 2 is 1.93 bits per heavy atom. The minimum Gasteiger partial charge on any atom is -0.357 e. The summed E-state index contributed by atoms with van der Waals surface area (Å²) in [6.45, 7) is 11.7. The summed E-state index contributed by atoms with van der Waals surface area (Å²) in [5.41, 5.74) is -0.0196. The van der Waals surface area contributed by atoms with Crippen molar-refractivity contribution in [2.75, 3.05) is 26.7 Å². The number of nitrogens with one attached hydrogen (secondary N) is 1. The Morgan fingerprint density at radius 1 is 1.33 bits per heavy atom. The Hall–Kier alpha value is -0.570. The molecule has 0 aromatic carbocycles. The van der Waals surface area contributed by atoms with Gasteiger partial charge < -0.3 is 4.90 Å². The minimum atomic E-state index is -0.0196. The minimum absolute atomic E-state index is 0.0196. The van der Waals surface area contributed by atoms with Crippen molar-refractivity contribution in [3.63, 3.8) is 0 Å². The van der Waals surface area contributed by atoms with Crippen LogP contribution in [0.4, 0.5) is 0 Å². The van der Waals surface area contributed by atoms with Crippen LogP contribution in [-0.2, 0) is 0 Å². The molecule has 0 aliphatic carbocycles. The zero-order valence-corrected chi connectivity index (χ0v) is 10.8. The van der Waals surface area contributed by atoms with Gasteiger partial charge in [-0.15, -0.1) is 0 Å². The zero-order valence-electron chi connectivity index (χ0n) is 10.8. The van der Waals surface area contributed by atoms with Gasteiger partial charge in [-0.25, -0.2) is 0 Å². The number of hydrogen-bond donors (Lipinski definition) is 1. The van der Waals surface area contributed by atoms with Crippen LogP contribution in [0.15, 0.2) is 0 Å². The van der Waals surface area contributed by atoms with Gasteiger partial charge in [-0.1, -0.05) is 27.7 Å². The van der Waals surface area contributed by atoms with E-state index in [0.29, 0.717) is 6.04 Å². The maximum atomic E-state index is 8.17. The Morgan fingerprint density at radius 3 is 2.40 bits per heavy atom. The molecule has 1 heterocycles.